The van der Waals surface area contributed by atoms with Crippen LogP contribution in [0.25, 0.3) is 0 Å². The number of aryl methyl sites for hydroxylation is 2. The number of hydrogen-bond donors (Lipinski definition) is 1. The average Bonchev–Trinajstić information content (AvgIpc) is 2.37. The van der Waals surface area contributed by atoms with Crippen LogP contribution in [0.1, 0.15) is 43.4 Å². The summed E-state index contributed by atoms with van der Waals surface area (Å²) >= 11 is 0. The van der Waals surface area contributed by atoms with E-state index in [0.29, 0.717) is 0 Å². The van der Waals surface area contributed by atoms with Gasteiger partial charge in [0.25, 0.3) is 0 Å². The predicted molar refractivity (Wildman–Crippen MR) is 79.8 cm³/mol. The number of likely N-dealkylation sites (N-methyl/N-ethyl adjacent to an activating group) is 1. The predicted octanol–water partition coefficient (Wildman–Crippen LogP) is 3.25. The molecule has 0 saturated heterocycles. The summed E-state index contributed by atoms with van der Waals surface area (Å²) in [5.41, 5.74) is 10.3. The average molecular weight is 248 g/mol. The lowest BCUT2D eigenvalue weighted by Gasteiger charge is -2.40. The summed E-state index contributed by atoms with van der Waals surface area (Å²) in [5, 5.41) is 0. The Morgan fingerprint density at radius 3 is 2.00 bits per heavy atom. The lowest BCUT2D eigenvalue weighted by molar-refractivity contribution is 0.107. The fraction of sp³-hybridized carbons (Fsp3) is 0.625. The van der Waals surface area contributed by atoms with Crippen LogP contribution in [-0.4, -0.2) is 24.0 Å². The van der Waals surface area contributed by atoms with Gasteiger partial charge in [0.05, 0.1) is 0 Å². The van der Waals surface area contributed by atoms with Gasteiger partial charge in [0.15, 0.2) is 0 Å². The summed E-state index contributed by atoms with van der Waals surface area (Å²) in [6.07, 6.45) is 2.20. The van der Waals surface area contributed by atoms with E-state index in [1.807, 2.05) is 0 Å². The molecule has 0 bridgehead atoms. The molecule has 1 rings (SSSR count). The molecule has 0 amide bonds. The Labute approximate surface area is 112 Å². The quantitative estimate of drug-likeness (QED) is 0.837. The zero-order valence-electron chi connectivity index (χ0n) is 12.6. The van der Waals surface area contributed by atoms with E-state index in [1.165, 1.54) is 16.7 Å². The van der Waals surface area contributed by atoms with Crippen LogP contribution >= 0.6 is 0 Å². The van der Waals surface area contributed by atoms with E-state index >= 15 is 0 Å². The van der Waals surface area contributed by atoms with Crippen molar-refractivity contribution in [1.82, 2.24) is 4.90 Å². The summed E-state index contributed by atoms with van der Waals surface area (Å²) in [6.45, 7) is 10.6. The fourth-order valence-corrected chi connectivity index (χ4v) is 2.74. The third-order valence-electron chi connectivity index (χ3n) is 4.55. The van der Waals surface area contributed by atoms with Gasteiger partial charge >= 0.3 is 0 Å². The maximum absolute atomic E-state index is 6.02. The molecular formula is C16H28N2. The Hall–Kier alpha value is -0.860. The molecule has 2 heteroatoms. The highest BCUT2D eigenvalue weighted by Gasteiger charge is 2.29. The summed E-state index contributed by atoms with van der Waals surface area (Å²) < 4.78 is 0. The highest BCUT2D eigenvalue weighted by atomic mass is 15.2. The lowest BCUT2D eigenvalue weighted by Crippen LogP contribution is -2.50. The van der Waals surface area contributed by atoms with E-state index in [9.17, 15) is 0 Å². The smallest absolute Gasteiger partial charge is 0.0327 e. The largest absolute Gasteiger partial charge is 0.329 e. The molecule has 0 aliphatic heterocycles. The van der Waals surface area contributed by atoms with Gasteiger partial charge in [-0.25, -0.2) is 0 Å². The second kappa shape index (κ2) is 6.35. The zero-order chi connectivity index (χ0) is 13.8. The lowest BCUT2D eigenvalue weighted by atomic mass is 9.90. The zero-order valence-corrected chi connectivity index (χ0v) is 12.6. The standard InChI is InChI=1S/C16H28N2/c1-6-16(7-2,12-17)18(5)11-15-13(3)9-8-10-14(15)4/h8-10H,6-7,11-12,17H2,1-5H3. The first-order valence-electron chi connectivity index (χ1n) is 6.97. The van der Waals surface area contributed by atoms with Gasteiger partial charge in [-0.1, -0.05) is 32.0 Å². The number of hydrogen-bond acceptors (Lipinski definition) is 2. The van der Waals surface area contributed by atoms with Crippen LogP contribution in [0.2, 0.25) is 0 Å². The van der Waals surface area contributed by atoms with Crippen LogP contribution in [0.15, 0.2) is 18.2 Å². The Morgan fingerprint density at radius 1 is 1.11 bits per heavy atom. The number of nitrogens with two attached hydrogens (primary N) is 1. The van der Waals surface area contributed by atoms with Crippen molar-refractivity contribution in [2.45, 2.75) is 52.6 Å². The summed E-state index contributed by atoms with van der Waals surface area (Å²) in [6, 6.07) is 6.51. The molecular weight excluding hydrogens is 220 g/mol. The Balaban J connectivity index is 2.96. The molecule has 0 unspecified atom stereocenters. The maximum Gasteiger partial charge on any atom is 0.0327 e. The van der Waals surface area contributed by atoms with Crippen molar-refractivity contribution in [2.75, 3.05) is 13.6 Å². The third kappa shape index (κ3) is 2.93. The van der Waals surface area contributed by atoms with Crippen LogP contribution in [0.5, 0.6) is 0 Å². The number of benzene rings is 1. The van der Waals surface area contributed by atoms with Crippen molar-refractivity contribution in [3.63, 3.8) is 0 Å². The monoisotopic (exact) mass is 248 g/mol. The maximum atomic E-state index is 6.02. The van der Waals surface area contributed by atoms with E-state index in [-0.39, 0.29) is 5.54 Å². The van der Waals surface area contributed by atoms with Crippen molar-refractivity contribution < 1.29 is 0 Å². The van der Waals surface area contributed by atoms with Gasteiger partial charge < -0.3 is 5.73 Å². The molecule has 2 N–H and O–H groups in total. The van der Waals surface area contributed by atoms with Crippen molar-refractivity contribution in [3.8, 4) is 0 Å². The highest BCUT2D eigenvalue weighted by Crippen LogP contribution is 2.25. The number of nitrogens with zero attached hydrogens (tertiary/aromatic N) is 1. The van der Waals surface area contributed by atoms with Crippen molar-refractivity contribution in [1.29, 1.82) is 0 Å². The topological polar surface area (TPSA) is 29.3 Å². The van der Waals surface area contributed by atoms with Crippen molar-refractivity contribution >= 4 is 0 Å². The van der Waals surface area contributed by atoms with E-state index in [1.54, 1.807) is 0 Å². The van der Waals surface area contributed by atoms with Gasteiger partial charge in [0, 0.05) is 18.6 Å². The van der Waals surface area contributed by atoms with Gasteiger partial charge in [0.2, 0.25) is 0 Å². The molecule has 18 heavy (non-hydrogen) atoms. The van der Waals surface area contributed by atoms with E-state index in [4.69, 9.17) is 5.73 Å². The van der Waals surface area contributed by atoms with Crippen LogP contribution in [0.4, 0.5) is 0 Å². The third-order valence-corrected chi connectivity index (χ3v) is 4.55. The second-order valence-electron chi connectivity index (χ2n) is 5.36. The molecule has 0 heterocycles. The molecule has 0 saturated carbocycles. The minimum absolute atomic E-state index is 0.134. The molecule has 0 aliphatic carbocycles. The molecule has 0 spiro atoms. The van der Waals surface area contributed by atoms with Crippen molar-refractivity contribution in [2.24, 2.45) is 5.73 Å². The molecule has 1 aromatic rings. The molecule has 102 valence electrons. The second-order valence-corrected chi connectivity index (χ2v) is 5.36. The van der Waals surface area contributed by atoms with Gasteiger partial charge in [-0.15, -0.1) is 0 Å². The molecule has 0 radical (unpaired) electrons. The Kier molecular flexibility index (Phi) is 5.36. The van der Waals surface area contributed by atoms with E-state index in [2.05, 4.69) is 57.8 Å². The Bertz CT molecular complexity index is 352. The molecule has 0 fully saturated rings. The SMILES string of the molecule is CCC(CC)(CN)N(C)Cc1c(C)cccc1C. The molecule has 0 atom stereocenters. The first-order valence-corrected chi connectivity index (χ1v) is 6.97. The summed E-state index contributed by atoms with van der Waals surface area (Å²) in [4.78, 5) is 2.43. The minimum Gasteiger partial charge on any atom is -0.329 e. The summed E-state index contributed by atoms with van der Waals surface area (Å²) in [7, 11) is 2.20. The molecule has 2 nitrogen and oxygen atoms in total. The van der Waals surface area contributed by atoms with E-state index < -0.39 is 0 Å². The molecule has 0 aromatic heterocycles. The summed E-state index contributed by atoms with van der Waals surface area (Å²) in [5.74, 6) is 0. The van der Waals surface area contributed by atoms with E-state index in [0.717, 1.165) is 25.9 Å². The minimum atomic E-state index is 0.134. The van der Waals surface area contributed by atoms with Crippen molar-refractivity contribution in [3.05, 3.63) is 34.9 Å². The van der Waals surface area contributed by atoms with Gasteiger partial charge in [-0.3, -0.25) is 4.90 Å². The molecule has 1 aromatic carbocycles. The normalized spacial score (nSPS) is 12.2. The number of rotatable bonds is 6. The first kappa shape index (κ1) is 15.2. The van der Waals surface area contributed by atoms with Gasteiger partial charge in [-0.2, -0.15) is 0 Å². The highest BCUT2D eigenvalue weighted by molar-refractivity contribution is 5.33. The Morgan fingerprint density at radius 2 is 1.61 bits per heavy atom. The first-order chi connectivity index (χ1) is 8.50. The van der Waals surface area contributed by atoms with Crippen LogP contribution < -0.4 is 5.73 Å². The van der Waals surface area contributed by atoms with Gasteiger partial charge in [-0.05, 0) is 50.4 Å². The molecule has 0 aliphatic rings. The van der Waals surface area contributed by atoms with Gasteiger partial charge in [0.1, 0.15) is 0 Å². The van der Waals surface area contributed by atoms with Crippen LogP contribution in [-0.2, 0) is 6.54 Å². The van der Waals surface area contributed by atoms with Crippen LogP contribution in [0.3, 0.4) is 0 Å². The van der Waals surface area contributed by atoms with Crippen LogP contribution in [0, 0.1) is 13.8 Å². The fourth-order valence-electron chi connectivity index (χ4n) is 2.74.